The summed E-state index contributed by atoms with van der Waals surface area (Å²) in [6.45, 7) is 1.80. The lowest BCUT2D eigenvalue weighted by Gasteiger charge is -2.13. The number of hydrogen-bond donors (Lipinski definition) is 1. The van der Waals surface area contributed by atoms with Crippen molar-refractivity contribution in [2.45, 2.75) is 32.1 Å². The number of ether oxygens (including phenoxy) is 2. The van der Waals surface area contributed by atoms with E-state index in [2.05, 4.69) is 10.2 Å². The van der Waals surface area contributed by atoms with Crippen LogP contribution in [0.15, 0.2) is 48.5 Å². The highest BCUT2D eigenvalue weighted by molar-refractivity contribution is 7.71. The molecular formula is C20H20N4O4S. The molecule has 1 atom stereocenters. The summed E-state index contributed by atoms with van der Waals surface area (Å²) in [6.07, 6.45) is 2.25. The summed E-state index contributed by atoms with van der Waals surface area (Å²) in [6, 6.07) is 13.9. The third kappa shape index (κ3) is 4.52. The topological polar surface area (TPSA) is 95.2 Å². The molecule has 29 heavy (non-hydrogen) atoms. The monoisotopic (exact) mass is 412 g/mol. The number of H-pyrrole nitrogens is 1. The second-order valence-corrected chi connectivity index (χ2v) is 7.22. The van der Waals surface area contributed by atoms with Gasteiger partial charge >= 0.3 is 0 Å². The second kappa shape index (κ2) is 8.54. The van der Waals surface area contributed by atoms with E-state index in [9.17, 15) is 10.1 Å². The van der Waals surface area contributed by atoms with Crippen molar-refractivity contribution >= 4 is 17.9 Å². The van der Waals surface area contributed by atoms with Crippen LogP contribution in [0.1, 0.15) is 18.4 Å². The van der Waals surface area contributed by atoms with Gasteiger partial charge in [-0.05, 0) is 48.8 Å². The van der Waals surface area contributed by atoms with E-state index in [0.717, 1.165) is 36.4 Å². The van der Waals surface area contributed by atoms with Gasteiger partial charge in [-0.1, -0.05) is 18.2 Å². The third-order valence-corrected chi connectivity index (χ3v) is 5.12. The van der Waals surface area contributed by atoms with Gasteiger partial charge in [-0.3, -0.25) is 19.8 Å². The van der Waals surface area contributed by atoms with Crippen molar-refractivity contribution in [3.8, 4) is 17.1 Å². The van der Waals surface area contributed by atoms with Gasteiger partial charge in [0.25, 0.3) is 5.69 Å². The van der Waals surface area contributed by atoms with Crippen molar-refractivity contribution in [2.75, 3.05) is 6.61 Å². The Morgan fingerprint density at radius 2 is 2.14 bits per heavy atom. The first kappa shape index (κ1) is 19.3. The normalized spacial score (nSPS) is 16.1. The van der Waals surface area contributed by atoms with E-state index >= 15 is 0 Å². The van der Waals surface area contributed by atoms with Gasteiger partial charge in [0.2, 0.25) is 0 Å². The largest absolute Gasteiger partial charge is 0.489 e. The van der Waals surface area contributed by atoms with Crippen molar-refractivity contribution in [3.63, 3.8) is 0 Å². The van der Waals surface area contributed by atoms with Crippen molar-refractivity contribution in [3.05, 3.63) is 69.0 Å². The number of benzene rings is 2. The summed E-state index contributed by atoms with van der Waals surface area (Å²) < 4.78 is 14.0. The van der Waals surface area contributed by atoms with E-state index in [1.165, 1.54) is 12.1 Å². The lowest BCUT2D eigenvalue weighted by Crippen LogP contribution is -2.16. The number of aromatic amines is 1. The average Bonchev–Trinajstić information content (AvgIpc) is 3.38. The Morgan fingerprint density at radius 1 is 1.31 bits per heavy atom. The van der Waals surface area contributed by atoms with E-state index in [4.69, 9.17) is 21.7 Å². The van der Waals surface area contributed by atoms with Gasteiger partial charge in [0, 0.05) is 24.3 Å². The lowest BCUT2D eigenvalue weighted by molar-refractivity contribution is -0.384. The van der Waals surface area contributed by atoms with Crippen LogP contribution in [-0.4, -0.2) is 32.4 Å². The van der Waals surface area contributed by atoms with Crippen LogP contribution in [0.4, 0.5) is 5.69 Å². The fourth-order valence-corrected chi connectivity index (χ4v) is 3.54. The van der Waals surface area contributed by atoms with Gasteiger partial charge in [0.05, 0.1) is 17.6 Å². The minimum atomic E-state index is -0.434. The zero-order valence-electron chi connectivity index (χ0n) is 15.6. The predicted molar refractivity (Wildman–Crippen MR) is 109 cm³/mol. The second-order valence-electron chi connectivity index (χ2n) is 6.84. The van der Waals surface area contributed by atoms with Crippen LogP contribution in [0.3, 0.4) is 0 Å². The zero-order valence-corrected chi connectivity index (χ0v) is 16.4. The standard InChI is InChI=1S/C20H20N4O4S/c25-24(26)16-6-8-17(9-7-16)28-13-14-3-1-4-15(11-14)19-21-22-20(29)23(19)12-18-5-2-10-27-18/h1,3-4,6-9,11,18H,2,5,10,12-13H2,(H,22,29). The van der Waals surface area contributed by atoms with E-state index in [0.29, 0.717) is 23.7 Å². The summed E-state index contributed by atoms with van der Waals surface area (Å²) >= 11 is 5.40. The van der Waals surface area contributed by atoms with Crippen LogP contribution in [0.25, 0.3) is 11.4 Å². The first-order chi connectivity index (χ1) is 14.1. The van der Waals surface area contributed by atoms with E-state index in [-0.39, 0.29) is 11.8 Å². The molecule has 4 rings (SSSR count). The average molecular weight is 412 g/mol. The SMILES string of the molecule is O=[N+]([O-])c1ccc(OCc2cccc(-c3n[nH]c(=S)n3CC3CCCO3)c2)cc1. The number of nitrogens with one attached hydrogen (secondary N) is 1. The molecule has 8 nitrogen and oxygen atoms in total. The zero-order chi connectivity index (χ0) is 20.2. The van der Waals surface area contributed by atoms with Gasteiger partial charge in [0.1, 0.15) is 12.4 Å². The van der Waals surface area contributed by atoms with Crippen molar-refractivity contribution in [2.24, 2.45) is 0 Å². The molecule has 9 heteroatoms. The van der Waals surface area contributed by atoms with E-state index in [1.807, 2.05) is 28.8 Å². The third-order valence-electron chi connectivity index (χ3n) is 4.81. The minimum absolute atomic E-state index is 0.0356. The van der Waals surface area contributed by atoms with Crippen LogP contribution < -0.4 is 4.74 Å². The van der Waals surface area contributed by atoms with Crippen LogP contribution >= 0.6 is 12.2 Å². The highest BCUT2D eigenvalue weighted by Crippen LogP contribution is 2.23. The molecule has 1 N–H and O–H groups in total. The number of hydrogen-bond acceptors (Lipinski definition) is 6. The fraction of sp³-hybridized carbons (Fsp3) is 0.300. The minimum Gasteiger partial charge on any atom is -0.489 e. The molecule has 150 valence electrons. The van der Waals surface area contributed by atoms with Crippen LogP contribution in [-0.2, 0) is 17.9 Å². The molecule has 0 amide bonds. The van der Waals surface area contributed by atoms with Gasteiger partial charge in [-0.25, -0.2) is 0 Å². The molecular weight excluding hydrogens is 392 g/mol. The molecule has 2 aromatic carbocycles. The summed E-state index contributed by atoms with van der Waals surface area (Å²) in [5.41, 5.74) is 1.92. The lowest BCUT2D eigenvalue weighted by atomic mass is 10.1. The molecule has 1 unspecified atom stereocenters. The van der Waals surface area contributed by atoms with Crippen LogP contribution in [0.2, 0.25) is 0 Å². The Labute approximate surface area is 172 Å². The fourth-order valence-electron chi connectivity index (χ4n) is 3.33. The van der Waals surface area contributed by atoms with Gasteiger partial charge < -0.3 is 9.47 Å². The molecule has 1 saturated heterocycles. The maximum Gasteiger partial charge on any atom is 0.269 e. The van der Waals surface area contributed by atoms with Crippen LogP contribution in [0.5, 0.6) is 5.75 Å². The number of nitro benzene ring substituents is 1. The molecule has 2 heterocycles. The highest BCUT2D eigenvalue weighted by atomic mass is 32.1. The number of rotatable bonds is 7. The molecule has 0 radical (unpaired) electrons. The van der Waals surface area contributed by atoms with Gasteiger partial charge in [-0.2, -0.15) is 5.10 Å². The molecule has 1 aliphatic heterocycles. The quantitative estimate of drug-likeness (QED) is 0.354. The number of non-ortho nitro benzene ring substituents is 1. The van der Waals surface area contributed by atoms with Crippen LogP contribution in [0, 0.1) is 14.9 Å². The maximum absolute atomic E-state index is 10.7. The Bertz CT molecular complexity index is 1050. The Hall–Kier alpha value is -3.04. The first-order valence-corrected chi connectivity index (χ1v) is 9.74. The van der Waals surface area contributed by atoms with E-state index < -0.39 is 4.92 Å². The number of nitro groups is 1. The summed E-state index contributed by atoms with van der Waals surface area (Å²) in [5.74, 6) is 1.34. The molecule has 0 bridgehead atoms. The summed E-state index contributed by atoms with van der Waals surface area (Å²) in [7, 11) is 0. The van der Waals surface area contributed by atoms with E-state index in [1.54, 1.807) is 12.1 Å². The van der Waals surface area contributed by atoms with Crippen molar-refractivity contribution < 1.29 is 14.4 Å². The molecule has 3 aromatic rings. The molecule has 1 fully saturated rings. The molecule has 1 aliphatic rings. The Morgan fingerprint density at radius 3 is 2.86 bits per heavy atom. The van der Waals surface area contributed by atoms with Gasteiger partial charge in [0.15, 0.2) is 10.6 Å². The molecule has 1 aromatic heterocycles. The molecule has 0 aliphatic carbocycles. The Balaban J connectivity index is 1.49. The molecule has 0 spiro atoms. The number of aromatic nitrogens is 3. The highest BCUT2D eigenvalue weighted by Gasteiger charge is 2.19. The van der Waals surface area contributed by atoms with Crippen molar-refractivity contribution in [1.29, 1.82) is 0 Å². The summed E-state index contributed by atoms with van der Waals surface area (Å²) in [5, 5.41) is 18.0. The number of nitrogens with zero attached hydrogens (tertiary/aromatic N) is 3. The smallest absolute Gasteiger partial charge is 0.269 e. The Kier molecular flexibility index (Phi) is 5.68. The predicted octanol–water partition coefficient (Wildman–Crippen LogP) is 4.27. The van der Waals surface area contributed by atoms with Gasteiger partial charge in [-0.15, -0.1) is 0 Å². The van der Waals surface area contributed by atoms with Crippen molar-refractivity contribution in [1.82, 2.24) is 14.8 Å². The molecule has 0 saturated carbocycles. The first-order valence-electron chi connectivity index (χ1n) is 9.33. The maximum atomic E-state index is 10.7. The summed E-state index contributed by atoms with van der Waals surface area (Å²) in [4.78, 5) is 10.3.